The SMILES string of the molecule is O=C(CCCC(=O)OCCCc1ccccc1)NC(=S)Nc1ccccc1O. The monoisotopic (exact) mass is 400 g/mol. The standard InChI is InChI=1S/C21H24N2O4S/c24-18-12-5-4-11-17(18)22-21(28)23-19(25)13-6-14-20(26)27-15-7-10-16-8-2-1-3-9-16/h1-5,8-9,11-12,24H,6-7,10,13-15H2,(H2,22,23,25,28). The Kier molecular flexibility index (Phi) is 8.94. The molecule has 0 aliphatic carbocycles. The van der Waals surface area contributed by atoms with Crippen molar-refractivity contribution in [3.8, 4) is 5.75 Å². The highest BCUT2D eigenvalue weighted by molar-refractivity contribution is 7.80. The second-order valence-electron chi connectivity index (χ2n) is 6.18. The Balaban J connectivity index is 1.55. The van der Waals surface area contributed by atoms with Crippen LogP contribution in [0, 0.1) is 0 Å². The number of aromatic hydroxyl groups is 1. The number of rotatable bonds is 9. The van der Waals surface area contributed by atoms with Crippen LogP contribution >= 0.6 is 12.2 Å². The molecule has 0 saturated carbocycles. The molecular formula is C21H24N2O4S. The Labute approximate surface area is 169 Å². The zero-order valence-corrected chi connectivity index (χ0v) is 16.3. The molecule has 0 spiro atoms. The highest BCUT2D eigenvalue weighted by atomic mass is 32.1. The maximum absolute atomic E-state index is 11.9. The van der Waals surface area contributed by atoms with Crippen molar-refractivity contribution in [2.75, 3.05) is 11.9 Å². The van der Waals surface area contributed by atoms with Crippen LogP contribution in [0.2, 0.25) is 0 Å². The zero-order valence-electron chi connectivity index (χ0n) is 15.5. The van der Waals surface area contributed by atoms with Crippen LogP contribution in [0.15, 0.2) is 54.6 Å². The van der Waals surface area contributed by atoms with Crippen LogP contribution in [0.4, 0.5) is 5.69 Å². The predicted octanol–water partition coefficient (Wildman–Crippen LogP) is 3.55. The molecule has 28 heavy (non-hydrogen) atoms. The van der Waals surface area contributed by atoms with E-state index in [2.05, 4.69) is 10.6 Å². The molecule has 0 bridgehead atoms. The number of ether oxygens (including phenoxy) is 1. The van der Waals surface area contributed by atoms with Crippen molar-refractivity contribution >= 4 is 34.9 Å². The second kappa shape index (κ2) is 11.7. The predicted molar refractivity (Wildman–Crippen MR) is 112 cm³/mol. The molecule has 0 fully saturated rings. The molecule has 0 saturated heterocycles. The number of nitrogens with one attached hydrogen (secondary N) is 2. The van der Waals surface area contributed by atoms with Gasteiger partial charge in [0, 0.05) is 12.8 Å². The van der Waals surface area contributed by atoms with E-state index >= 15 is 0 Å². The van der Waals surface area contributed by atoms with Crippen molar-refractivity contribution in [2.24, 2.45) is 0 Å². The minimum Gasteiger partial charge on any atom is -0.506 e. The molecular weight excluding hydrogens is 376 g/mol. The molecule has 2 aromatic rings. The smallest absolute Gasteiger partial charge is 0.305 e. The topological polar surface area (TPSA) is 87.7 Å². The number of anilines is 1. The zero-order chi connectivity index (χ0) is 20.2. The first-order valence-corrected chi connectivity index (χ1v) is 9.54. The van der Waals surface area contributed by atoms with Crippen LogP contribution in [0.5, 0.6) is 5.75 Å². The lowest BCUT2D eigenvalue weighted by Crippen LogP contribution is -2.34. The fourth-order valence-electron chi connectivity index (χ4n) is 2.49. The van der Waals surface area contributed by atoms with Crippen molar-refractivity contribution in [2.45, 2.75) is 32.1 Å². The average Bonchev–Trinajstić information content (AvgIpc) is 2.68. The number of phenolic OH excluding ortho intramolecular Hbond substituents is 1. The summed E-state index contributed by atoms with van der Waals surface area (Å²) in [6.07, 6.45) is 2.34. The number of benzene rings is 2. The molecule has 0 aromatic heterocycles. The van der Waals surface area contributed by atoms with E-state index in [-0.39, 0.29) is 35.6 Å². The maximum atomic E-state index is 11.9. The molecule has 0 atom stereocenters. The molecule has 0 radical (unpaired) electrons. The number of carbonyl (C=O) groups excluding carboxylic acids is 2. The molecule has 0 aliphatic heterocycles. The van der Waals surface area contributed by atoms with Gasteiger partial charge in [-0.15, -0.1) is 0 Å². The third kappa shape index (κ3) is 8.18. The van der Waals surface area contributed by atoms with Gasteiger partial charge in [-0.05, 0) is 49.2 Å². The summed E-state index contributed by atoms with van der Waals surface area (Å²) in [5.41, 5.74) is 1.62. The largest absolute Gasteiger partial charge is 0.506 e. The van der Waals surface area contributed by atoms with Gasteiger partial charge in [-0.25, -0.2) is 0 Å². The number of esters is 1. The molecule has 1 amide bonds. The first-order chi connectivity index (χ1) is 13.5. The van der Waals surface area contributed by atoms with E-state index in [1.54, 1.807) is 18.2 Å². The number of hydrogen-bond donors (Lipinski definition) is 3. The third-order valence-corrected chi connectivity index (χ3v) is 4.11. The molecule has 2 rings (SSSR count). The van der Waals surface area contributed by atoms with E-state index in [9.17, 15) is 14.7 Å². The molecule has 6 nitrogen and oxygen atoms in total. The molecule has 0 heterocycles. The third-order valence-electron chi connectivity index (χ3n) is 3.91. The summed E-state index contributed by atoms with van der Waals surface area (Å²) in [5, 5.41) is 15.0. The van der Waals surface area contributed by atoms with Gasteiger partial charge in [0.2, 0.25) is 5.91 Å². The number of amides is 1. The van der Waals surface area contributed by atoms with Gasteiger partial charge < -0.3 is 20.5 Å². The highest BCUT2D eigenvalue weighted by Crippen LogP contribution is 2.21. The Bertz CT molecular complexity index is 796. The van der Waals surface area contributed by atoms with Crippen LogP contribution in [0.3, 0.4) is 0 Å². The number of hydrogen-bond acceptors (Lipinski definition) is 5. The van der Waals surface area contributed by atoms with Gasteiger partial charge in [0.05, 0.1) is 12.3 Å². The molecule has 148 valence electrons. The fraction of sp³-hybridized carbons (Fsp3) is 0.286. The normalized spacial score (nSPS) is 10.1. The van der Waals surface area contributed by atoms with Crippen molar-refractivity contribution in [3.63, 3.8) is 0 Å². The van der Waals surface area contributed by atoms with E-state index in [0.29, 0.717) is 18.7 Å². The molecule has 2 aromatic carbocycles. The summed E-state index contributed by atoms with van der Waals surface area (Å²) >= 11 is 5.04. The Morgan fingerprint density at radius 1 is 0.964 bits per heavy atom. The van der Waals surface area contributed by atoms with Crippen molar-refractivity contribution in [1.82, 2.24) is 5.32 Å². The van der Waals surface area contributed by atoms with Gasteiger partial charge >= 0.3 is 5.97 Å². The molecule has 7 heteroatoms. The summed E-state index contributed by atoms with van der Waals surface area (Å²) in [4.78, 5) is 23.6. The average molecular weight is 401 g/mol. The Morgan fingerprint density at radius 2 is 1.68 bits per heavy atom. The minimum absolute atomic E-state index is 0.0362. The quantitative estimate of drug-likeness (QED) is 0.258. The van der Waals surface area contributed by atoms with E-state index < -0.39 is 0 Å². The van der Waals surface area contributed by atoms with E-state index in [4.69, 9.17) is 17.0 Å². The lowest BCUT2D eigenvalue weighted by atomic mass is 10.1. The van der Waals surface area contributed by atoms with Gasteiger partial charge in [-0.2, -0.15) is 0 Å². The fourth-order valence-corrected chi connectivity index (χ4v) is 2.72. The van der Waals surface area contributed by atoms with Gasteiger partial charge in [0.15, 0.2) is 5.11 Å². The lowest BCUT2D eigenvalue weighted by Gasteiger charge is -2.10. The van der Waals surface area contributed by atoms with Gasteiger partial charge in [0.1, 0.15) is 5.75 Å². The number of carbonyl (C=O) groups is 2. The van der Waals surface area contributed by atoms with E-state index in [1.165, 1.54) is 11.6 Å². The Morgan fingerprint density at radius 3 is 2.43 bits per heavy atom. The van der Waals surface area contributed by atoms with Gasteiger partial charge in [-0.3, -0.25) is 9.59 Å². The van der Waals surface area contributed by atoms with Crippen LogP contribution in [0.25, 0.3) is 0 Å². The lowest BCUT2D eigenvalue weighted by molar-refractivity contribution is -0.143. The number of thiocarbonyl (C=S) groups is 1. The van der Waals surface area contributed by atoms with Gasteiger partial charge in [-0.1, -0.05) is 42.5 Å². The first kappa shape index (κ1) is 21.4. The van der Waals surface area contributed by atoms with Gasteiger partial charge in [0.25, 0.3) is 0 Å². The summed E-state index contributed by atoms with van der Waals surface area (Å²) in [6.45, 7) is 0.370. The second-order valence-corrected chi connectivity index (χ2v) is 6.59. The maximum Gasteiger partial charge on any atom is 0.305 e. The summed E-state index contributed by atoms with van der Waals surface area (Å²) in [6, 6.07) is 16.6. The summed E-state index contributed by atoms with van der Waals surface area (Å²) < 4.78 is 5.18. The van der Waals surface area contributed by atoms with Crippen molar-refractivity contribution in [1.29, 1.82) is 0 Å². The molecule has 0 unspecified atom stereocenters. The Hall–Kier alpha value is -2.93. The van der Waals surface area contributed by atoms with Crippen LogP contribution < -0.4 is 10.6 Å². The highest BCUT2D eigenvalue weighted by Gasteiger charge is 2.09. The van der Waals surface area contributed by atoms with Crippen LogP contribution in [-0.2, 0) is 20.7 Å². The number of para-hydroxylation sites is 2. The number of phenols is 1. The van der Waals surface area contributed by atoms with Crippen molar-refractivity contribution in [3.05, 3.63) is 60.2 Å². The van der Waals surface area contributed by atoms with Crippen molar-refractivity contribution < 1.29 is 19.4 Å². The van der Waals surface area contributed by atoms with E-state index in [0.717, 1.165) is 12.8 Å². The summed E-state index contributed by atoms with van der Waals surface area (Å²) in [5.74, 6) is -0.574. The van der Waals surface area contributed by atoms with Crippen LogP contribution in [0.1, 0.15) is 31.2 Å². The van der Waals surface area contributed by atoms with Crippen LogP contribution in [-0.4, -0.2) is 28.7 Å². The first-order valence-electron chi connectivity index (χ1n) is 9.13. The molecule has 0 aliphatic rings. The minimum atomic E-state index is -0.309. The molecule has 3 N–H and O–H groups in total. The summed E-state index contributed by atoms with van der Waals surface area (Å²) in [7, 11) is 0. The number of aryl methyl sites for hydroxylation is 1. The van der Waals surface area contributed by atoms with E-state index in [1.807, 2.05) is 30.3 Å².